The molecular formula is C14H20N2O4. The molecule has 1 N–H and O–H groups in total. The first kappa shape index (κ1) is 16.0. The molecule has 0 aliphatic rings. The topological polar surface area (TPSA) is 67.9 Å². The van der Waals surface area contributed by atoms with Crippen molar-refractivity contribution in [1.82, 2.24) is 10.4 Å². The number of nitrogens with one attached hydrogen (secondary N) is 1. The second-order valence-electron chi connectivity index (χ2n) is 3.92. The summed E-state index contributed by atoms with van der Waals surface area (Å²) in [5, 5.41) is 3.60. The maximum absolute atomic E-state index is 11.7. The molecule has 20 heavy (non-hydrogen) atoms. The maximum atomic E-state index is 11.7. The summed E-state index contributed by atoms with van der Waals surface area (Å²) in [6.07, 6.45) is -0.630. The van der Waals surface area contributed by atoms with Crippen molar-refractivity contribution in [2.45, 2.75) is 20.5 Å². The molecule has 0 radical (unpaired) electrons. The van der Waals surface area contributed by atoms with Crippen LogP contribution in [0.25, 0.3) is 0 Å². The number of hydrogen-bond donors (Lipinski definition) is 1. The Labute approximate surface area is 118 Å². The van der Waals surface area contributed by atoms with E-state index in [0.29, 0.717) is 13.2 Å². The second-order valence-corrected chi connectivity index (χ2v) is 3.92. The molecule has 2 amide bonds. The van der Waals surface area contributed by atoms with Gasteiger partial charge in [0.2, 0.25) is 0 Å². The zero-order valence-corrected chi connectivity index (χ0v) is 11.8. The molecule has 110 valence electrons. The monoisotopic (exact) mass is 280 g/mol. The molecular weight excluding hydrogens is 260 g/mol. The summed E-state index contributed by atoms with van der Waals surface area (Å²) in [5.74, 6) is -0.314. The first-order chi connectivity index (χ1) is 9.67. The van der Waals surface area contributed by atoms with E-state index in [4.69, 9.17) is 9.57 Å². The number of benzene rings is 1. The summed E-state index contributed by atoms with van der Waals surface area (Å²) in [6.45, 7) is 4.43. The number of amides is 2. The van der Waals surface area contributed by atoms with Gasteiger partial charge in [0.15, 0.2) is 0 Å². The Balaban J connectivity index is 2.27. The molecule has 1 aromatic carbocycles. The fraction of sp³-hybridized carbons (Fsp3) is 0.429. The average Bonchev–Trinajstić information content (AvgIpc) is 2.49. The number of hydrogen-bond acceptors (Lipinski definition) is 4. The standard InChI is InChI=1S/C14H20N2O4/c1-3-16(20-4-2)13(17)10-15-14(18)19-11-12-8-6-5-7-9-12/h5-9H,3-4,10-11H2,1-2H3,(H,15,18). The van der Waals surface area contributed by atoms with Crippen molar-refractivity contribution in [1.29, 1.82) is 0 Å². The summed E-state index contributed by atoms with van der Waals surface area (Å²) in [5.41, 5.74) is 0.887. The van der Waals surface area contributed by atoms with Gasteiger partial charge in [0.1, 0.15) is 13.2 Å². The lowest BCUT2D eigenvalue weighted by atomic mass is 10.2. The summed E-state index contributed by atoms with van der Waals surface area (Å²) >= 11 is 0. The van der Waals surface area contributed by atoms with Crippen LogP contribution in [-0.4, -0.2) is 36.8 Å². The van der Waals surface area contributed by atoms with Gasteiger partial charge < -0.3 is 10.1 Å². The Hall–Kier alpha value is -2.08. The first-order valence-corrected chi connectivity index (χ1v) is 6.55. The van der Waals surface area contributed by atoms with Crippen LogP contribution in [0.3, 0.4) is 0 Å². The number of carbonyl (C=O) groups excluding carboxylic acids is 2. The van der Waals surface area contributed by atoms with Crippen LogP contribution in [0, 0.1) is 0 Å². The third-order valence-corrected chi connectivity index (χ3v) is 2.45. The predicted octanol–water partition coefficient (Wildman–Crippen LogP) is 1.71. The van der Waals surface area contributed by atoms with E-state index in [1.54, 1.807) is 13.8 Å². The van der Waals surface area contributed by atoms with Gasteiger partial charge in [-0.05, 0) is 19.4 Å². The third-order valence-electron chi connectivity index (χ3n) is 2.45. The molecule has 0 saturated heterocycles. The van der Waals surface area contributed by atoms with Crippen LogP contribution in [0.2, 0.25) is 0 Å². The van der Waals surface area contributed by atoms with Crippen LogP contribution < -0.4 is 5.32 Å². The Bertz CT molecular complexity index is 422. The van der Waals surface area contributed by atoms with Crippen molar-refractivity contribution in [3.8, 4) is 0 Å². The van der Waals surface area contributed by atoms with Gasteiger partial charge in [0.25, 0.3) is 5.91 Å². The Morgan fingerprint density at radius 2 is 1.90 bits per heavy atom. The van der Waals surface area contributed by atoms with Crippen molar-refractivity contribution in [2.75, 3.05) is 19.7 Å². The van der Waals surface area contributed by atoms with Crippen LogP contribution in [0.5, 0.6) is 0 Å². The van der Waals surface area contributed by atoms with Crippen LogP contribution in [0.1, 0.15) is 19.4 Å². The number of ether oxygens (including phenoxy) is 1. The summed E-state index contributed by atoms with van der Waals surface area (Å²) in [7, 11) is 0. The third kappa shape index (κ3) is 5.71. The summed E-state index contributed by atoms with van der Waals surface area (Å²) < 4.78 is 4.99. The van der Waals surface area contributed by atoms with E-state index in [-0.39, 0.29) is 19.1 Å². The highest BCUT2D eigenvalue weighted by Crippen LogP contribution is 2.00. The Kier molecular flexibility index (Phi) is 7.13. The van der Waals surface area contributed by atoms with Gasteiger partial charge in [-0.3, -0.25) is 9.63 Å². The van der Waals surface area contributed by atoms with Gasteiger partial charge in [-0.15, -0.1) is 0 Å². The number of likely N-dealkylation sites (N-methyl/N-ethyl adjacent to an activating group) is 1. The molecule has 0 aliphatic heterocycles. The number of alkyl carbamates (subject to hydrolysis) is 1. The fourth-order valence-electron chi connectivity index (χ4n) is 1.51. The Morgan fingerprint density at radius 1 is 1.20 bits per heavy atom. The molecule has 0 unspecified atom stereocenters. The van der Waals surface area contributed by atoms with Gasteiger partial charge in [-0.2, -0.15) is 0 Å². The van der Waals surface area contributed by atoms with E-state index in [0.717, 1.165) is 5.56 Å². The van der Waals surface area contributed by atoms with Gasteiger partial charge >= 0.3 is 6.09 Å². The largest absolute Gasteiger partial charge is 0.445 e. The fourth-order valence-corrected chi connectivity index (χ4v) is 1.51. The number of hydroxylamine groups is 2. The molecule has 1 rings (SSSR count). The first-order valence-electron chi connectivity index (χ1n) is 6.55. The molecule has 1 aromatic rings. The van der Waals surface area contributed by atoms with Crippen LogP contribution in [-0.2, 0) is 21.0 Å². The highest BCUT2D eigenvalue weighted by molar-refractivity contribution is 5.81. The molecule has 0 aromatic heterocycles. The molecule has 0 saturated carbocycles. The minimum absolute atomic E-state index is 0.151. The number of nitrogens with zero attached hydrogens (tertiary/aromatic N) is 1. The van der Waals surface area contributed by atoms with Crippen LogP contribution >= 0.6 is 0 Å². The number of carbonyl (C=O) groups is 2. The minimum Gasteiger partial charge on any atom is -0.445 e. The molecule has 0 spiro atoms. The van der Waals surface area contributed by atoms with Gasteiger partial charge in [-0.25, -0.2) is 9.86 Å². The quantitative estimate of drug-likeness (QED) is 0.772. The van der Waals surface area contributed by atoms with E-state index in [9.17, 15) is 9.59 Å². The zero-order valence-electron chi connectivity index (χ0n) is 11.8. The minimum atomic E-state index is -0.630. The lowest BCUT2D eigenvalue weighted by Crippen LogP contribution is -2.40. The van der Waals surface area contributed by atoms with Crippen LogP contribution in [0.4, 0.5) is 4.79 Å². The van der Waals surface area contributed by atoms with E-state index < -0.39 is 6.09 Å². The van der Waals surface area contributed by atoms with Crippen LogP contribution in [0.15, 0.2) is 30.3 Å². The predicted molar refractivity (Wildman–Crippen MR) is 73.6 cm³/mol. The van der Waals surface area contributed by atoms with Gasteiger partial charge in [0.05, 0.1) is 6.61 Å². The lowest BCUT2D eigenvalue weighted by molar-refractivity contribution is -0.182. The second kappa shape index (κ2) is 8.92. The normalized spacial score (nSPS) is 9.90. The van der Waals surface area contributed by atoms with Crippen molar-refractivity contribution in [3.63, 3.8) is 0 Å². The average molecular weight is 280 g/mol. The highest BCUT2D eigenvalue weighted by atomic mass is 16.7. The van der Waals surface area contributed by atoms with E-state index in [1.165, 1.54) is 5.06 Å². The van der Waals surface area contributed by atoms with E-state index in [2.05, 4.69) is 5.32 Å². The number of rotatable bonds is 7. The van der Waals surface area contributed by atoms with Gasteiger partial charge in [0, 0.05) is 6.54 Å². The molecule has 6 nitrogen and oxygen atoms in total. The SMILES string of the molecule is CCON(CC)C(=O)CNC(=O)OCc1ccccc1. The Morgan fingerprint density at radius 3 is 2.50 bits per heavy atom. The van der Waals surface area contributed by atoms with Crippen molar-refractivity contribution < 1.29 is 19.2 Å². The zero-order chi connectivity index (χ0) is 14.8. The summed E-state index contributed by atoms with van der Waals surface area (Å²) in [4.78, 5) is 28.2. The smallest absolute Gasteiger partial charge is 0.407 e. The molecule has 6 heteroatoms. The maximum Gasteiger partial charge on any atom is 0.407 e. The van der Waals surface area contributed by atoms with Crippen molar-refractivity contribution in [3.05, 3.63) is 35.9 Å². The molecule has 0 heterocycles. The van der Waals surface area contributed by atoms with E-state index in [1.807, 2.05) is 30.3 Å². The van der Waals surface area contributed by atoms with Gasteiger partial charge in [-0.1, -0.05) is 30.3 Å². The molecule has 0 aliphatic carbocycles. The van der Waals surface area contributed by atoms with Crippen molar-refractivity contribution in [2.24, 2.45) is 0 Å². The lowest BCUT2D eigenvalue weighted by Gasteiger charge is -2.19. The van der Waals surface area contributed by atoms with Crippen molar-refractivity contribution >= 4 is 12.0 Å². The summed E-state index contributed by atoms with van der Waals surface area (Å²) in [6, 6.07) is 9.32. The highest BCUT2D eigenvalue weighted by Gasteiger charge is 2.13. The molecule has 0 bridgehead atoms. The molecule has 0 fully saturated rings. The molecule has 0 atom stereocenters. The van der Waals surface area contributed by atoms with E-state index >= 15 is 0 Å².